The van der Waals surface area contributed by atoms with Gasteiger partial charge in [0.2, 0.25) is 0 Å². The van der Waals surface area contributed by atoms with Crippen LogP contribution in [0.25, 0.3) is 22.2 Å². The van der Waals surface area contributed by atoms with Gasteiger partial charge in [0.15, 0.2) is 0 Å². The fourth-order valence-corrected chi connectivity index (χ4v) is 3.11. The third kappa shape index (κ3) is 3.33. The zero-order chi connectivity index (χ0) is 18.8. The lowest BCUT2D eigenvalue weighted by Crippen LogP contribution is -2.23. The highest BCUT2D eigenvalue weighted by atomic mass is 16.3. The second-order valence-corrected chi connectivity index (χ2v) is 6.32. The molecule has 0 unspecified atom stereocenters. The Morgan fingerprint density at radius 2 is 2.07 bits per heavy atom. The van der Waals surface area contributed by atoms with Gasteiger partial charge in [-0.3, -0.25) is 9.48 Å². The Hall–Kier alpha value is -3.41. The van der Waals surface area contributed by atoms with Crippen LogP contribution in [0.4, 0.5) is 0 Å². The molecule has 0 atom stereocenters. The van der Waals surface area contributed by atoms with Gasteiger partial charge in [-0.2, -0.15) is 5.10 Å². The zero-order valence-corrected chi connectivity index (χ0v) is 15.3. The van der Waals surface area contributed by atoms with Crippen molar-refractivity contribution < 1.29 is 9.21 Å². The number of hydrogen-bond donors (Lipinski definition) is 1. The van der Waals surface area contributed by atoms with E-state index in [1.165, 1.54) is 0 Å². The molecule has 0 aliphatic heterocycles. The van der Waals surface area contributed by atoms with Crippen molar-refractivity contribution in [3.63, 3.8) is 0 Å². The van der Waals surface area contributed by atoms with Crippen molar-refractivity contribution in [1.29, 1.82) is 0 Å². The van der Waals surface area contributed by atoms with E-state index in [0.29, 0.717) is 17.9 Å². The van der Waals surface area contributed by atoms with Crippen molar-refractivity contribution in [3.8, 4) is 11.3 Å². The van der Waals surface area contributed by atoms with Crippen LogP contribution < -0.4 is 5.32 Å². The molecular formula is C21H20N4O2. The number of furan rings is 1. The molecule has 1 aromatic carbocycles. The van der Waals surface area contributed by atoms with Gasteiger partial charge in [0.25, 0.3) is 5.91 Å². The highest BCUT2D eigenvalue weighted by molar-refractivity contribution is 6.07. The molecule has 0 fully saturated rings. The van der Waals surface area contributed by atoms with E-state index >= 15 is 0 Å². The molecule has 1 N–H and O–H groups in total. The minimum Gasteiger partial charge on any atom is -0.467 e. The number of carbonyl (C=O) groups excluding carboxylic acids is 1. The van der Waals surface area contributed by atoms with Crippen molar-refractivity contribution in [2.75, 3.05) is 0 Å². The molecule has 0 aliphatic rings. The first-order valence-electron chi connectivity index (χ1n) is 8.90. The smallest absolute Gasteiger partial charge is 0.252 e. The van der Waals surface area contributed by atoms with Gasteiger partial charge in [-0.05, 0) is 38.1 Å². The molecule has 0 saturated heterocycles. The molecule has 0 aliphatic carbocycles. The molecule has 27 heavy (non-hydrogen) atoms. The van der Waals surface area contributed by atoms with Crippen molar-refractivity contribution in [2.45, 2.75) is 26.9 Å². The number of fused-ring (bicyclic) bond motifs is 1. The molecule has 136 valence electrons. The second kappa shape index (κ2) is 7.07. The lowest BCUT2D eigenvalue weighted by atomic mass is 10.0. The maximum atomic E-state index is 12.9. The van der Waals surface area contributed by atoms with E-state index in [0.717, 1.165) is 34.4 Å². The van der Waals surface area contributed by atoms with E-state index in [1.54, 1.807) is 12.3 Å². The number of para-hydroxylation sites is 1. The molecule has 4 aromatic rings. The SMILES string of the molecule is CCn1cc(-c2cc(C(=O)NCc3ccco3)c3ccccc3n2)c(C)n1. The summed E-state index contributed by atoms with van der Waals surface area (Å²) in [5.74, 6) is 0.550. The minimum absolute atomic E-state index is 0.160. The monoisotopic (exact) mass is 360 g/mol. The average molecular weight is 360 g/mol. The number of nitrogens with zero attached hydrogens (tertiary/aromatic N) is 3. The largest absolute Gasteiger partial charge is 0.467 e. The van der Waals surface area contributed by atoms with Crippen LogP contribution in [0.5, 0.6) is 0 Å². The van der Waals surface area contributed by atoms with Crippen LogP contribution in [0.15, 0.2) is 59.3 Å². The van der Waals surface area contributed by atoms with Gasteiger partial charge >= 0.3 is 0 Å². The third-order valence-corrected chi connectivity index (χ3v) is 4.51. The minimum atomic E-state index is -0.160. The van der Waals surface area contributed by atoms with E-state index in [-0.39, 0.29) is 5.91 Å². The molecule has 3 aromatic heterocycles. The standard InChI is InChI=1S/C21H20N4O2/c1-3-25-13-18(14(2)24-25)20-11-17(16-8-4-5-9-19(16)23-20)21(26)22-12-15-7-6-10-27-15/h4-11,13H,3,12H2,1-2H3,(H,22,26). The predicted molar refractivity (Wildman–Crippen MR) is 103 cm³/mol. The third-order valence-electron chi connectivity index (χ3n) is 4.51. The van der Waals surface area contributed by atoms with Crippen molar-refractivity contribution in [2.24, 2.45) is 0 Å². The first-order valence-corrected chi connectivity index (χ1v) is 8.90. The Kier molecular flexibility index (Phi) is 4.46. The van der Waals surface area contributed by atoms with Crippen molar-refractivity contribution in [3.05, 3.63) is 71.9 Å². The first kappa shape index (κ1) is 17.0. The molecule has 3 heterocycles. The van der Waals surface area contributed by atoms with Crippen molar-refractivity contribution in [1.82, 2.24) is 20.1 Å². The lowest BCUT2D eigenvalue weighted by molar-refractivity contribution is 0.0949. The topological polar surface area (TPSA) is 73.0 Å². The van der Waals surface area contributed by atoms with Gasteiger partial charge < -0.3 is 9.73 Å². The molecular weight excluding hydrogens is 340 g/mol. The number of aromatic nitrogens is 3. The molecule has 0 saturated carbocycles. The van der Waals surface area contributed by atoms with Gasteiger partial charge in [-0.15, -0.1) is 0 Å². The Morgan fingerprint density at radius 3 is 2.81 bits per heavy atom. The highest BCUT2D eigenvalue weighted by Gasteiger charge is 2.16. The van der Waals surface area contributed by atoms with Gasteiger partial charge in [0.05, 0.1) is 35.3 Å². The molecule has 1 amide bonds. The van der Waals surface area contributed by atoms with Crippen LogP contribution in [-0.2, 0) is 13.1 Å². The van der Waals surface area contributed by atoms with Gasteiger partial charge in [0, 0.05) is 23.7 Å². The van der Waals surface area contributed by atoms with Crippen LogP contribution in [0.1, 0.15) is 28.7 Å². The number of benzene rings is 1. The Bertz CT molecular complexity index is 1100. The Labute approximate surface area is 156 Å². The summed E-state index contributed by atoms with van der Waals surface area (Å²) in [6.45, 7) is 5.11. The van der Waals surface area contributed by atoms with Crippen LogP contribution in [0.2, 0.25) is 0 Å². The Balaban J connectivity index is 1.76. The number of hydrogen-bond acceptors (Lipinski definition) is 4. The van der Waals surface area contributed by atoms with Gasteiger partial charge in [-0.1, -0.05) is 18.2 Å². The summed E-state index contributed by atoms with van der Waals surface area (Å²) >= 11 is 0. The number of nitrogens with one attached hydrogen (secondary N) is 1. The lowest BCUT2D eigenvalue weighted by Gasteiger charge is -2.10. The summed E-state index contributed by atoms with van der Waals surface area (Å²) in [4.78, 5) is 17.6. The summed E-state index contributed by atoms with van der Waals surface area (Å²) < 4.78 is 7.17. The molecule has 0 spiro atoms. The number of aryl methyl sites for hydroxylation is 2. The fraction of sp³-hybridized carbons (Fsp3) is 0.190. The molecule has 4 rings (SSSR count). The van der Waals surface area contributed by atoms with E-state index in [2.05, 4.69) is 10.4 Å². The van der Waals surface area contributed by atoms with Crippen LogP contribution in [0, 0.1) is 6.92 Å². The summed E-state index contributed by atoms with van der Waals surface area (Å²) in [5.41, 5.74) is 3.94. The van der Waals surface area contributed by atoms with E-state index in [4.69, 9.17) is 9.40 Å². The number of rotatable bonds is 5. The van der Waals surface area contributed by atoms with E-state index in [9.17, 15) is 4.79 Å². The molecule has 6 heteroatoms. The van der Waals surface area contributed by atoms with Gasteiger partial charge in [0.1, 0.15) is 5.76 Å². The normalized spacial score (nSPS) is 11.0. The predicted octanol–water partition coefficient (Wildman–Crippen LogP) is 3.95. The Morgan fingerprint density at radius 1 is 1.22 bits per heavy atom. The zero-order valence-electron chi connectivity index (χ0n) is 15.3. The quantitative estimate of drug-likeness (QED) is 0.585. The average Bonchev–Trinajstić information content (AvgIpc) is 3.34. The summed E-state index contributed by atoms with van der Waals surface area (Å²) in [7, 11) is 0. The summed E-state index contributed by atoms with van der Waals surface area (Å²) in [5, 5.41) is 8.23. The van der Waals surface area contributed by atoms with Crippen LogP contribution in [-0.4, -0.2) is 20.7 Å². The molecule has 6 nitrogen and oxygen atoms in total. The summed E-state index contributed by atoms with van der Waals surface area (Å²) in [6.07, 6.45) is 3.56. The number of pyridine rings is 1. The maximum Gasteiger partial charge on any atom is 0.252 e. The van der Waals surface area contributed by atoms with Crippen molar-refractivity contribution >= 4 is 16.8 Å². The number of carbonyl (C=O) groups is 1. The summed E-state index contributed by atoms with van der Waals surface area (Å²) in [6, 6.07) is 13.1. The second-order valence-electron chi connectivity index (χ2n) is 6.32. The molecule has 0 bridgehead atoms. The van der Waals surface area contributed by atoms with Crippen LogP contribution in [0.3, 0.4) is 0 Å². The van der Waals surface area contributed by atoms with Crippen LogP contribution >= 0.6 is 0 Å². The van der Waals surface area contributed by atoms with Gasteiger partial charge in [-0.25, -0.2) is 4.98 Å². The van der Waals surface area contributed by atoms with E-state index < -0.39 is 0 Å². The fourth-order valence-electron chi connectivity index (χ4n) is 3.11. The maximum absolute atomic E-state index is 12.9. The molecule has 0 radical (unpaired) electrons. The van der Waals surface area contributed by atoms with E-state index in [1.807, 2.05) is 61.1 Å². The highest BCUT2D eigenvalue weighted by Crippen LogP contribution is 2.26. The first-order chi connectivity index (χ1) is 13.2. The number of amides is 1.